The first kappa shape index (κ1) is 14.7. The maximum atomic E-state index is 13.3. The smallest absolute Gasteiger partial charge is 0.254 e. The molecule has 0 aliphatic heterocycles. The summed E-state index contributed by atoms with van der Waals surface area (Å²) in [5.41, 5.74) is 2.41. The van der Waals surface area contributed by atoms with Crippen molar-refractivity contribution in [3.8, 4) is 0 Å². The molecule has 1 atom stereocenters. The Balaban J connectivity index is 1.91. The minimum absolute atomic E-state index is 0.0445. The average molecular weight is 301 g/mol. The van der Waals surface area contributed by atoms with Gasteiger partial charge in [0.25, 0.3) is 5.91 Å². The summed E-state index contributed by atoms with van der Waals surface area (Å²) in [5.74, 6) is -1.83. The Hall–Kier alpha value is -2.23. The largest absolute Gasteiger partial charge is 0.335 e. The lowest BCUT2D eigenvalue weighted by Gasteiger charge is -2.33. The van der Waals surface area contributed by atoms with Crippen molar-refractivity contribution in [1.29, 1.82) is 0 Å². The lowest BCUT2D eigenvalue weighted by Crippen LogP contribution is -2.33. The number of nitrogens with zero attached hydrogens (tertiary/aromatic N) is 1. The van der Waals surface area contributed by atoms with E-state index in [1.54, 1.807) is 11.9 Å². The van der Waals surface area contributed by atoms with Crippen molar-refractivity contribution in [2.45, 2.75) is 25.3 Å². The van der Waals surface area contributed by atoms with Crippen molar-refractivity contribution in [3.63, 3.8) is 0 Å². The molecule has 2 nitrogen and oxygen atoms in total. The molecule has 0 spiro atoms. The molecular weight excluding hydrogens is 284 g/mol. The van der Waals surface area contributed by atoms with Gasteiger partial charge in [0.05, 0.1) is 6.04 Å². The first-order chi connectivity index (χ1) is 10.6. The van der Waals surface area contributed by atoms with E-state index in [0.717, 1.165) is 43.0 Å². The van der Waals surface area contributed by atoms with Crippen LogP contribution in [0.25, 0.3) is 0 Å². The monoisotopic (exact) mass is 301 g/mol. The summed E-state index contributed by atoms with van der Waals surface area (Å²) in [6.07, 6.45) is 2.86. The molecule has 3 rings (SSSR count). The zero-order valence-electron chi connectivity index (χ0n) is 12.4. The molecular formula is C18H17F2NO. The number of halogens is 2. The molecule has 0 aromatic heterocycles. The van der Waals surface area contributed by atoms with Gasteiger partial charge in [-0.25, -0.2) is 8.78 Å². The standard InChI is InChI=1S/C18H17F2NO/c1-21(18(22)13-9-14(19)11-15(20)10-13)17-8-4-6-12-5-2-3-7-16(12)17/h2-3,5,7,9-11,17H,4,6,8H2,1H3/t17-/m1/s1. The summed E-state index contributed by atoms with van der Waals surface area (Å²) in [5, 5.41) is 0. The Morgan fingerprint density at radius 3 is 2.55 bits per heavy atom. The molecule has 0 fully saturated rings. The average Bonchev–Trinajstić information content (AvgIpc) is 2.52. The van der Waals surface area contributed by atoms with Crippen LogP contribution < -0.4 is 0 Å². The molecule has 22 heavy (non-hydrogen) atoms. The van der Waals surface area contributed by atoms with Gasteiger partial charge in [-0.05, 0) is 42.5 Å². The molecule has 0 saturated heterocycles. The van der Waals surface area contributed by atoms with E-state index in [1.807, 2.05) is 18.2 Å². The van der Waals surface area contributed by atoms with E-state index < -0.39 is 11.6 Å². The molecule has 0 saturated carbocycles. The predicted octanol–water partition coefficient (Wildman–Crippen LogP) is 4.11. The molecule has 0 unspecified atom stereocenters. The zero-order chi connectivity index (χ0) is 15.7. The number of amides is 1. The van der Waals surface area contributed by atoms with Crippen molar-refractivity contribution in [2.75, 3.05) is 7.05 Å². The predicted molar refractivity (Wildman–Crippen MR) is 80.6 cm³/mol. The van der Waals surface area contributed by atoms with E-state index in [-0.39, 0.29) is 17.5 Å². The Kier molecular flexibility index (Phi) is 3.92. The van der Waals surface area contributed by atoms with Crippen LogP contribution in [0.1, 0.15) is 40.4 Å². The number of hydrogen-bond acceptors (Lipinski definition) is 1. The summed E-state index contributed by atoms with van der Waals surface area (Å²) >= 11 is 0. The van der Waals surface area contributed by atoms with Gasteiger partial charge in [0.15, 0.2) is 0 Å². The first-order valence-corrected chi connectivity index (χ1v) is 7.37. The van der Waals surface area contributed by atoms with Gasteiger partial charge in [0.2, 0.25) is 0 Å². The molecule has 0 bridgehead atoms. The quantitative estimate of drug-likeness (QED) is 0.817. The highest BCUT2D eigenvalue weighted by Gasteiger charge is 2.27. The molecule has 0 N–H and O–H groups in total. The van der Waals surface area contributed by atoms with E-state index in [2.05, 4.69) is 6.07 Å². The molecule has 4 heteroatoms. The number of carbonyl (C=O) groups is 1. The van der Waals surface area contributed by atoms with Crippen molar-refractivity contribution in [2.24, 2.45) is 0 Å². The summed E-state index contributed by atoms with van der Waals surface area (Å²) in [4.78, 5) is 14.1. The molecule has 0 heterocycles. The Morgan fingerprint density at radius 1 is 1.14 bits per heavy atom. The van der Waals surface area contributed by atoms with Gasteiger partial charge >= 0.3 is 0 Å². The maximum absolute atomic E-state index is 13.3. The highest BCUT2D eigenvalue weighted by molar-refractivity contribution is 5.94. The second-order valence-electron chi connectivity index (χ2n) is 5.68. The van der Waals surface area contributed by atoms with Crippen LogP contribution in [-0.4, -0.2) is 17.9 Å². The molecule has 114 valence electrons. The maximum Gasteiger partial charge on any atom is 0.254 e. The van der Waals surface area contributed by atoms with Crippen molar-refractivity contribution in [1.82, 2.24) is 4.90 Å². The minimum Gasteiger partial charge on any atom is -0.335 e. The van der Waals surface area contributed by atoms with Crippen LogP contribution in [0.3, 0.4) is 0 Å². The Bertz CT molecular complexity index is 694. The fourth-order valence-electron chi connectivity index (χ4n) is 3.15. The van der Waals surface area contributed by atoms with E-state index >= 15 is 0 Å². The SMILES string of the molecule is CN(C(=O)c1cc(F)cc(F)c1)[C@@H]1CCCc2ccccc21. The van der Waals surface area contributed by atoms with Gasteiger partial charge in [0, 0.05) is 18.7 Å². The Morgan fingerprint density at radius 2 is 1.82 bits per heavy atom. The van der Waals surface area contributed by atoms with Crippen LogP contribution in [0.15, 0.2) is 42.5 Å². The van der Waals surface area contributed by atoms with Gasteiger partial charge in [-0.15, -0.1) is 0 Å². The number of carbonyl (C=O) groups excluding carboxylic acids is 1. The lowest BCUT2D eigenvalue weighted by molar-refractivity contribution is 0.0714. The molecule has 2 aromatic carbocycles. The third kappa shape index (κ3) is 2.73. The van der Waals surface area contributed by atoms with Crippen LogP contribution in [0.2, 0.25) is 0 Å². The third-order valence-electron chi connectivity index (χ3n) is 4.24. The fraction of sp³-hybridized carbons (Fsp3) is 0.278. The Labute approximate surface area is 128 Å². The van der Waals surface area contributed by atoms with E-state index in [4.69, 9.17) is 0 Å². The summed E-state index contributed by atoms with van der Waals surface area (Å²) < 4.78 is 26.6. The van der Waals surface area contributed by atoms with Crippen molar-refractivity contribution in [3.05, 3.63) is 70.8 Å². The molecule has 2 aromatic rings. The summed E-state index contributed by atoms with van der Waals surface area (Å²) in [6, 6.07) is 10.9. The van der Waals surface area contributed by atoms with Gasteiger partial charge in [-0.3, -0.25) is 4.79 Å². The first-order valence-electron chi connectivity index (χ1n) is 7.37. The van der Waals surface area contributed by atoms with Gasteiger partial charge in [0.1, 0.15) is 11.6 Å². The molecule has 0 radical (unpaired) electrons. The summed E-state index contributed by atoms with van der Waals surface area (Å²) in [6.45, 7) is 0. The second-order valence-corrected chi connectivity index (χ2v) is 5.68. The number of fused-ring (bicyclic) bond motifs is 1. The van der Waals surface area contributed by atoms with Crippen LogP contribution in [-0.2, 0) is 6.42 Å². The van der Waals surface area contributed by atoms with Gasteiger partial charge in [-0.2, -0.15) is 0 Å². The molecule has 1 aliphatic rings. The van der Waals surface area contributed by atoms with E-state index in [9.17, 15) is 13.6 Å². The van der Waals surface area contributed by atoms with Crippen LogP contribution in [0.5, 0.6) is 0 Å². The molecule has 1 amide bonds. The van der Waals surface area contributed by atoms with E-state index in [1.165, 1.54) is 5.56 Å². The third-order valence-corrected chi connectivity index (χ3v) is 4.24. The second kappa shape index (κ2) is 5.87. The van der Waals surface area contributed by atoms with Crippen LogP contribution in [0.4, 0.5) is 8.78 Å². The molecule has 1 aliphatic carbocycles. The van der Waals surface area contributed by atoms with Crippen molar-refractivity contribution < 1.29 is 13.6 Å². The fourth-order valence-corrected chi connectivity index (χ4v) is 3.15. The number of rotatable bonds is 2. The topological polar surface area (TPSA) is 20.3 Å². The number of aryl methyl sites for hydroxylation is 1. The van der Waals surface area contributed by atoms with Crippen LogP contribution in [0, 0.1) is 11.6 Å². The van der Waals surface area contributed by atoms with Gasteiger partial charge < -0.3 is 4.90 Å². The number of benzene rings is 2. The highest BCUT2D eigenvalue weighted by atomic mass is 19.1. The lowest BCUT2D eigenvalue weighted by atomic mass is 9.87. The minimum atomic E-state index is -0.735. The van der Waals surface area contributed by atoms with Crippen molar-refractivity contribution >= 4 is 5.91 Å². The highest BCUT2D eigenvalue weighted by Crippen LogP contribution is 2.34. The normalized spacial score (nSPS) is 17.0. The summed E-state index contributed by atoms with van der Waals surface area (Å²) in [7, 11) is 1.69. The van der Waals surface area contributed by atoms with Crippen LogP contribution >= 0.6 is 0 Å². The zero-order valence-corrected chi connectivity index (χ0v) is 12.4. The van der Waals surface area contributed by atoms with E-state index in [0.29, 0.717) is 0 Å². The number of hydrogen-bond donors (Lipinski definition) is 0. The van der Waals surface area contributed by atoms with Gasteiger partial charge in [-0.1, -0.05) is 24.3 Å².